The second kappa shape index (κ2) is 11.0. The first-order valence-corrected chi connectivity index (χ1v) is 6.12. The van der Waals surface area contributed by atoms with E-state index in [4.69, 9.17) is 0 Å². The van der Waals surface area contributed by atoms with Gasteiger partial charge in [0.15, 0.2) is 0 Å². The van der Waals surface area contributed by atoms with Gasteiger partial charge in [-0.25, -0.2) is 0 Å². The number of hydrogen-bond acceptors (Lipinski definition) is 2. The van der Waals surface area contributed by atoms with Gasteiger partial charge in [0.25, 0.3) is 0 Å². The van der Waals surface area contributed by atoms with Crippen molar-refractivity contribution in [3.05, 3.63) is 0 Å². The van der Waals surface area contributed by atoms with E-state index in [1.807, 2.05) is 0 Å². The summed E-state index contributed by atoms with van der Waals surface area (Å²) in [5.41, 5.74) is 0. The van der Waals surface area contributed by atoms with Crippen molar-refractivity contribution in [2.24, 2.45) is 0 Å². The molecule has 2 nitrogen and oxygen atoms in total. The third kappa shape index (κ3) is 11.9. The van der Waals surface area contributed by atoms with Gasteiger partial charge < -0.3 is 10.2 Å². The lowest BCUT2D eigenvalue weighted by Gasteiger charge is -2.09. The average molecular weight is 200 g/mol. The second-order valence-corrected chi connectivity index (χ2v) is 4.32. The average Bonchev–Trinajstić information content (AvgIpc) is 2.15. The maximum atomic E-state index is 3.47. The van der Waals surface area contributed by atoms with E-state index in [0.717, 1.165) is 13.1 Å². The lowest BCUT2D eigenvalue weighted by Crippen LogP contribution is -2.27. The van der Waals surface area contributed by atoms with Crippen molar-refractivity contribution in [1.29, 1.82) is 0 Å². The van der Waals surface area contributed by atoms with Gasteiger partial charge in [0.1, 0.15) is 0 Å². The van der Waals surface area contributed by atoms with Crippen molar-refractivity contribution in [3.63, 3.8) is 0 Å². The minimum Gasteiger partial charge on any atom is -0.315 e. The highest BCUT2D eigenvalue weighted by Crippen LogP contribution is 2.03. The summed E-state index contributed by atoms with van der Waals surface area (Å²) in [5.74, 6) is 0. The molecule has 0 aliphatic heterocycles. The Bertz CT molecular complexity index is 102. The van der Waals surface area contributed by atoms with E-state index >= 15 is 0 Å². The lowest BCUT2D eigenvalue weighted by molar-refractivity contribution is 0.398. The molecule has 0 heterocycles. The first-order chi connectivity index (χ1) is 6.77. The number of nitrogens with zero attached hydrogens (tertiary/aromatic N) is 1. The zero-order chi connectivity index (χ0) is 10.6. The predicted molar refractivity (Wildman–Crippen MR) is 64.8 cm³/mol. The maximum Gasteiger partial charge on any atom is 0.0101 e. The highest BCUT2D eigenvalue weighted by Gasteiger charge is 1.91. The fraction of sp³-hybridized carbons (Fsp3) is 1.00. The SMILES string of the molecule is CCCCCCCCNCCN(C)C. The molecular weight excluding hydrogens is 172 g/mol. The van der Waals surface area contributed by atoms with Crippen LogP contribution in [0.3, 0.4) is 0 Å². The Morgan fingerprint density at radius 1 is 0.857 bits per heavy atom. The van der Waals surface area contributed by atoms with Gasteiger partial charge in [-0.1, -0.05) is 39.0 Å². The summed E-state index contributed by atoms with van der Waals surface area (Å²) in [6.07, 6.45) is 8.35. The molecule has 0 rings (SSSR count). The van der Waals surface area contributed by atoms with Gasteiger partial charge in [-0.2, -0.15) is 0 Å². The first-order valence-electron chi connectivity index (χ1n) is 6.12. The van der Waals surface area contributed by atoms with Crippen molar-refractivity contribution < 1.29 is 0 Å². The number of nitrogens with one attached hydrogen (secondary N) is 1. The monoisotopic (exact) mass is 200 g/mol. The molecule has 14 heavy (non-hydrogen) atoms. The van der Waals surface area contributed by atoms with E-state index in [-0.39, 0.29) is 0 Å². The normalized spacial score (nSPS) is 11.1. The van der Waals surface area contributed by atoms with Crippen LogP contribution in [0.25, 0.3) is 0 Å². The number of unbranched alkanes of at least 4 members (excludes halogenated alkanes) is 5. The lowest BCUT2D eigenvalue weighted by atomic mass is 10.1. The molecule has 0 saturated heterocycles. The van der Waals surface area contributed by atoms with E-state index < -0.39 is 0 Å². The van der Waals surface area contributed by atoms with Crippen LogP contribution >= 0.6 is 0 Å². The third-order valence-corrected chi connectivity index (χ3v) is 2.44. The molecule has 0 saturated carbocycles. The standard InChI is InChI=1S/C12H28N2/c1-4-5-6-7-8-9-10-13-11-12-14(2)3/h13H,4-12H2,1-3H3. The van der Waals surface area contributed by atoms with Crippen LogP contribution in [-0.2, 0) is 0 Å². The molecule has 0 aliphatic rings. The molecule has 0 aromatic carbocycles. The van der Waals surface area contributed by atoms with Crippen LogP contribution in [0.5, 0.6) is 0 Å². The van der Waals surface area contributed by atoms with Crippen LogP contribution < -0.4 is 5.32 Å². The molecule has 0 atom stereocenters. The zero-order valence-electron chi connectivity index (χ0n) is 10.3. The third-order valence-electron chi connectivity index (χ3n) is 2.44. The minimum absolute atomic E-state index is 1.13. The van der Waals surface area contributed by atoms with E-state index in [9.17, 15) is 0 Å². The smallest absolute Gasteiger partial charge is 0.0101 e. The minimum atomic E-state index is 1.13. The second-order valence-electron chi connectivity index (χ2n) is 4.32. The van der Waals surface area contributed by atoms with Crippen molar-refractivity contribution >= 4 is 0 Å². The van der Waals surface area contributed by atoms with Crippen molar-refractivity contribution in [1.82, 2.24) is 10.2 Å². The number of hydrogen-bond donors (Lipinski definition) is 1. The quantitative estimate of drug-likeness (QED) is 0.545. The van der Waals surface area contributed by atoms with Crippen LogP contribution in [0.4, 0.5) is 0 Å². The molecular formula is C12H28N2. The van der Waals surface area contributed by atoms with Crippen LogP contribution in [0.15, 0.2) is 0 Å². The molecule has 0 aromatic rings. The van der Waals surface area contributed by atoms with Gasteiger partial charge in [-0.3, -0.25) is 0 Å². The summed E-state index contributed by atoms with van der Waals surface area (Å²) in [4.78, 5) is 2.22. The Labute approximate surface area is 90.1 Å². The maximum absolute atomic E-state index is 3.47. The van der Waals surface area contributed by atoms with Crippen LogP contribution in [0.2, 0.25) is 0 Å². The van der Waals surface area contributed by atoms with Gasteiger partial charge in [0, 0.05) is 13.1 Å². The zero-order valence-corrected chi connectivity index (χ0v) is 10.3. The molecule has 0 unspecified atom stereocenters. The van der Waals surface area contributed by atoms with E-state index in [1.54, 1.807) is 0 Å². The van der Waals surface area contributed by atoms with Crippen LogP contribution in [0, 0.1) is 0 Å². The summed E-state index contributed by atoms with van der Waals surface area (Å²) in [6, 6.07) is 0. The predicted octanol–water partition coefficient (Wildman–Crippen LogP) is 2.50. The Hall–Kier alpha value is -0.0800. The van der Waals surface area contributed by atoms with E-state index in [2.05, 4.69) is 31.2 Å². The van der Waals surface area contributed by atoms with Crippen LogP contribution in [0.1, 0.15) is 45.4 Å². The van der Waals surface area contributed by atoms with Gasteiger partial charge >= 0.3 is 0 Å². The fourth-order valence-corrected chi connectivity index (χ4v) is 1.46. The molecule has 0 spiro atoms. The van der Waals surface area contributed by atoms with Crippen molar-refractivity contribution in [2.75, 3.05) is 33.7 Å². The van der Waals surface area contributed by atoms with Gasteiger partial charge in [-0.05, 0) is 27.1 Å². The Morgan fingerprint density at radius 2 is 1.50 bits per heavy atom. The van der Waals surface area contributed by atoms with E-state index in [0.29, 0.717) is 0 Å². The van der Waals surface area contributed by atoms with Crippen molar-refractivity contribution in [3.8, 4) is 0 Å². The Balaban J connectivity index is 2.85. The number of rotatable bonds is 10. The van der Waals surface area contributed by atoms with Gasteiger partial charge in [-0.15, -0.1) is 0 Å². The van der Waals surface area contributed by atoms with E-state index in [1.165, 1.54) is 45.1 Å². The summed E-state index contributed by atoms with van der Waals surface area (Å²) >= 11 is 0. The molecule has 0 aromatic heterocycles. The Kier molecular flexibility index (Phi) is 10.9. The summed E-state index contributed by atoms with van der Waals surface area (Å²) in [5, 5.41) is 3.47. The number of likely N-dealkylation sites (N-methyl/N-ethyl adjacent to an activating group) is 1. The first kappa shape index (κ1) is 13.9. The highest BCUT2D eigenvalue weighted by atomic mass is 15.1. The summed E-state index contributed by atoms with van der Waals surface area (Å²) < 4.78 is 0. The van der Waals surface area contributed by atoms with Crippen molar-refractivity contribution in [2.45, 2.75) is 45.4 Å². The molecule has 0 aliphatic carbocycles. The fourth-order valence-electron chi connectivity index (χ4n) is 1.46. The molecule has 1 N–H and O–H groups in total. The van der Waals surface area contributed by atoms with Crippen LogP contribution in [-0.4, -0.2) is 38.6 Å². The largest absolute Gasteiger partial charge is 0.315 e. The van der Waals surface area contributed by atoms with Gasteiger partial charge in [0.2, 0.25) is 0 Å². The topological polar surface area (TPSA) is 15.3 Å². The molecule has 86 valence electrons. The summed E-state index contributed by atoms with van der Waals surface area (Å²) in [6.45, 7) is 5.74. The van der Waals surface area contributed by atoms with Gasteiger partial charge in [0.05, 0.1) is 0 Å². The summed E-state index contributed by atoms with van der Waals surface area (Å²) in [7, 11) is 4.23. The molecule has 2 heteroatoms. The Morgan fingerprint density at radius 3 is 2.14 bits per heavy atom. The molecule has 0 fully saturated rings. The highest BCUT2D eigenvalue weighted by molar-refractivity contribution is 4.51. The molecule has 0 bridgehead atoms. The molecule has 0 amide bonds. The molecule has 0 radical (unpaired) electrons.